The molecule has 296 valence electrons. The van der Waals surface area contributed by atoms with Crippen LogP contribution in [0.3, 0.4) is 0 Å². The highest BCUT2D eigenvalue weighted by Crippen LogP contribution is 2.46. The lowest BCUT2D eigenvalue weighted by Crippen LogP contribution is -2.14. The number of hydrogen-bond acceptors (Lipinski definition) is 4. The van der Waals surface area contributed by atoms with Gasteiger partial charge in [-0.05, 0) is 170 Å². The Balaban J connectivity index is 1.04. The maximum atomic E-state index is 6.73. The standard InChI is InChI=1S/C57H46N2O2/c1-33-14-8-10-20-48(33)58(56-35(3)16-12-17-36(56)4)44-24-22-40-28-46-50(30-42(40)26-44)60-52-32-53-55(39(7)54(46)52)47-29-41-23-25-45(27-43(41)31-51(47)61-53)59(49-21-11-9-15-34(49)2)57-37(5)18-13-19-38(57)6/h8-32H,1-7H3. The fourth-order valence-corrected chi connectivity index (χ4v) is 9.91. The SMILES string of the molecule is Cc1ccccc1N(c1ccc2cc3c(cc2c1)oc1cc2oc4cc5cc(N(c6ccccc6C)c6c(C)cccc6C)ccc5cc4c2c(C)c13)c1c(C)cccc1C. The highest BCUT2D eigenvalue weighted by atomic mass is 16.3. The summed E-state index contributed by atoms with van der Waals surface area (Å²) < 4.78 is 13.5. The summed E-state index contributed by atoms with van der Waals surface area (Å²) in [6, 6.07) is 55.0. The topological polar surface area (TPSA) is 32.8 Å². The molecule has 0 N–H and O–H groups in total. The van der Waals surface area contributed by atoms with E-state index in [0.717, 1.165) is 66.0 Å². The van der Waals surface area contributed by atoms with Gasteiger partial charge in [-0.2, -0.15) is 0 Å². The van der Waals surface area contributed by atoms with Gasteiger partial charge in [0, 0.05) is 50.4 Å². The van der Waals surface area contributed by atoms with E-state index in [1.807, 2.05) is 0 Å². The van der Waals surface area contributed by atoms with Crippen molar-refractivity contribution in [1.29, 1.82) is 0 Å². The van der Waals surface area contributed by atoms with E-state index in [9.17, 15) is 0 Å². The van der Waals surface area contributed by atoms with Crippen molar-refractivity contribution in [2.75, 3.05) is 9.80 Å². The van der Waals surface area contributed by atoms with Crippen LogP contribution in [0.1, 0.15) is 38.9 Å². The molecule has 0 atom stereocenters. The Bertz CT molecular complexity index is 3310. The first kappa shape index (κ1) is 36.8. The van der Waals surface area contributed by atoms with Gasteiger partial charge in [-0.25, -0.2) is 0 Å². The number of nitrogens with zero attached hydrogens (tertiary/aromatic N) is 2. The van der Waals surface area contributed by atoms with E-state index in [1.54, 1.807) is 0 Å². The van der Waals surface area contributed by atoms with Gasteiger partial charge >= 0.3 is 0 Å². The van der Waals surface area contributed by atoms with E-state index in [4.69, 9.17) is 8.83 Å². The molecule has 61 heavy (non-hydrogen) atoms. The summed E-state index contributed by atoms with van der Waals surface area (Å²) in [4.78, 5) is 4.81. The van der Waals surface area contributed by atoms with Gasteiger partial charge in [0.2, 0.25) is 0 Å². The molecule has 0 aliphatic carbocycles. The average molecular weight is 791 g/mol. The zero-order chi connectivity index (χ0) is 41.7. The maximum Gasteiger partial charge on any atom is 0.139 e. The molecule has 0 spiro atoms. The summed E-state index contributed by atoms with van der Waals surface area (Å²) in [5.41, 5.74) is 18.9. The molecule has 4 heteroatoms. The van der Waals surface area contributed by atoms with Crippen molar-refractivity contribution in [3.63, 3.8) is 0 Å². The van der Waals surface area contributed by atoms with Gasteiger partial charge in [-0.3, -0.25) is 0 Å². The molecule has 0 unspecified atom stereocenters. The molecular formula is C57H46N2O2. The predicted molar refractivity (Wildman–Crippen MR) is 259 cm³/mol. The van der Waals surface area contributed by atoms with E-state index in [-0.39, 0.29) is 0 Å². The summed E-state index contributed by atoms with van der Waals surface area (Å²) in [5, 5.41) is 9.09. The number of aryl methyl sites for hydroxylation is 7. The van der Waals surface area contributed by atoms with E-state index >= 15 is 0 Å². The molecule has 11 aromatic rings. The Morgan fingerprint density at radius 1 is 0.328 bits per heavy atom. The zero-order valence-electron chi connectivity index (χ0n) is 35.6. The first-order valence-electron chi connectivity index (χ1n) is 21.2. The molecule has 0 amide bonds. The van der Waals surface area contributed by atoms with Crippen molar-refractivity contribution in [2.45, 2.75) is 48.5 Å². The normalized spacial score (nSPS) is 11.9. The molecular weight excluding hydrogens is 745 g/mol. The number of furan rings is 2. The second kappa shape index (κ2) is 13.9. The van der Waals surface area contributed by atoms with Gasteiger partial charge in [0.15, 0.2) is 0 Å². The van der Waals surface area contributed by atoms with E-state index in [2.05, 4.69) is 210 Å². The monoisotopic (exact) mass is 790 g/mol. The summed E-state index contributed by atoms with van der Waals surface area (Å²) in [5.74, 6) is 0. The molecule has 2 aromatic heterocycles. The van der Waals surface area contributed by atoms with Gasteiger partial charge in [-0.1, -0.05) is 84.9 Å². The van der Waals surface area contributed by atoms with Crippen LogP contribution in [-0.2, 0) is 0 Å². The minimum Gasteiger partial charge on any atom is -0.456 e. The lowest BCUT2D eigenvalue weighted by Gasteiger charge is -2.30. The Morgan fingerprint density at radius 2 is 0.721 bits per heavy atom. The first-order valence-corrected chi connectivity index (χ1v) is 21.2. The van der Waals surface area contributed by atoms with Crippen LogP contribution in [0.15, 0.2) is 160 Å². The second-order valence-corrected chi connectivity index (χ2v) is 16.9. The zero-order valence-corrected chi connectivity index (χ0v) is 35.6. The van der Waals surface area contributed by atoms with Crippen molar-refractivity contribution >= 4 is 99.5 Å². The van der Waals surface area contributed by atoms with Crippen LogP contribution in [0.25, 0.3) is 65.4 Å². The van der Waals surface area contributed by atoms with Crippen LogP contribution in [0.2, 0.25) is 0 Å². The summed E-state index contributed by atoms with van der Waals surface area (Å²) >= 11 is 0. The quantitative estimate of drug-likeness (QED) is 0.168. The van der Waals surface area contributed by atoms with Crippen molar-refractivity contribution in [3.8, 4) is 0 Å². The van der Waals surface area contributed by atoms with E-state index < -0.39 is 0 Å². The third kappa shape index (κ3) is 5.81. The highest BCUT2D eigenvalue weighted by molar-refractivity contribution is 6.21. The minimum atomic E-state index is 0.834. The minimum absolute atomic E-state index is 0.834. The van der Waals surface area contributed by atoms with Gasteiger partial charge in [-0.15, -0.1) is 0 Å². The summed E-state index contributed by atoms with van der Waals surface area (Å²) in [6.07, 6.45) is 0. The summed E-state index contributed by atoms with van der Waals surface area (Å²) in [7, 11) is 0. The molecule has 11 rings (SSSR count). The van der Waals surface area contributed by atoms with Crippen molar-refractivity contribution in [2.24, 2.45) is 0 Å². The van der Waals surface area contributed by atoms with Gasteiger partial charge in [0.25, 0.3) is 0 Å². The molecule has 9 aromatic carbocycles. The summed E-state index contributed by atoms with van der Waals surface area (Å²) in [6.45, 7) is 15.4. The van der Waals surface area contributed by atoms with Gasteiger partial charge in [0.1, 0.15) is 22.3 Å². The highest BCUT2D eigenvalue weighted by Gasteiger charge is 2.23. The third-order valence-corrected chi connectivity index (χ3v) is 12.9. The predicted octanol–water partition coefficient (Wildman–Crippen LogP) is 16.9. The molecule has 0 bridgehead atoms. The van der Waals surface area contributed by atoms with Gasteiger partial charge in [0.05, 0.1) is 11.4 Å². The number of benzene rings is 9. The fraction of sp³-hybridized carbons (Fsp3) is 0.123. The molecule has 2 heterocycles. The van der Waals surface area contributed by atoms with Crippen LogP contribution >= 0.6 is 0 Å². The van der Waals surface area contributed by atoms with Crippen LogP contribution in [0, 0.1) is 48.5 Å². The van der Waals surface area contributed by atoms with Crippen molar-refractivity contribution in [1.82, 2.24) is 0 Å². The van der Waals surface area contributed by atoms with Crippen LogP contribution in [-0.4, -0.2) is 0 Å². The van der Waals surface area contributed by atoms with Crippen LogP contribution in [0.5, 0.6) is 0 Å². The molecule has 0 saturated carbocycles. The number of fused-ring (bicyclic) bond motifs is 8. The third-order valence-electron chi connectivity index (χ3n) is 12.9. The van der Waals surface area contributed by atoms with Crippen LogP contribution in [0.4, 0.5) is 34.1 Å². The van der Waals surface area contributed by atoms with E-state index in [1.165, 1.54) is 72.5 Å². The molecule has 0 aliphatic rings. The smallest absolute Gasteiger partial charge is 0.139 e. The lowest BCUT2D eigenvalue weighted by molar-refractivity contribution is 0.656. The number of anilines is 6. The number of rotatable bonds is 6. The lowest BCUT2D eigenvalue weighted by atomic mass is 9.98. The Labute approximate surface area is 355 Å². The average Bonchev–Trinajstić information content (AvgIpc) is 3.79. The van der Waals surface area contributed by atoms with Crippen molar-refractivity contribution < 1.29 is 8.83 Å². The van der Waals surface area contributed by atoms with Crippen molar-refractivity contribution in [3.05, 3.63) is 191 Å². The fourth-order valence-electron chi connectivity index (χ4n) is 9.91. The molecule has 0 radical (unpaired) electrons. The van der Waals surface area contributed by atoms with Crippen LogP contribution < -0.4 is 9.80 Å². The maximum absolute atomic E-state index is 6.73. The Hall–Kier alpha value is -7.30. The van der Waals surface area contributed by atoms with Gasteiger partial charge < -0.3 is 18.6 Å². The molecule has 0 fully saturated rings. The number of hydrogen-bond donors (Lipinski definition) is 0. The Kier molecular flexibility index (Phi) is 8.37. The first-order chi connectivity index (χ1) is 29.6. The molecule has 4 nitrogen and oxygen atoms in total. The number of para-hydroxylation sites is 4. The second-order valence-electron chi connectivity index (χ2n) is 16.9. The van der Waals surface area contributed by atoms with E-state index in [0.29, 0.717) is 0 Å². The molecule has 0 saturated heterocycles. The molecule has 0 aliphatic heterocycles. The Morgan fingerprint density at radius 3 is 1.13 bits per heavy atom. The largest absolute Gasteiger partial charge is 0.456 e.